The van der Waals surface area contributed by atoms with Gasteiger partial charge in [0.2, 0.25) is 0 Å². The zero-order chi connectivity index (χ0) is 9.83. The third kappa shape index (κ3) is 1.14. The van der Waals surface area contributed by atoms with Gasteiger partial charge in [0, 0.05) is 0 Å². The molecule has 0 heterocycles. The minimum absolute atomic E-state index is 1.19. The van der Waals surface area contributed by atoms with E-state index < -0.39 is 0 Å². The van der Waals surface area contributed by atoms with Crippen LogP contribution in [0.5, 0.6) is 0 Å². The van der Waals surface area contributed by atoms with Crippen LogP contribution in [0.25, 0.3) is 0 Å². The predicted molar refractivity (Wildman–Crippen MR) is 62.5 cm³/mol. The second-order valence-electron chi connectivity index (χ2n) is 6.79. The van der Waals surface area contributed by atoms with Crippen molar-refractivity contribution in [2.45, 2.75) is 57.8 Å². The van der Waals surface area contributed by atoms with Crippen molar-refractivity contribution in [1.82, 2.24) is 0 Å². The molecule has 0 N–H and O–H groups in total. The summed E-state index contributed by atoms with van der Waals surface area (Å²) in [6, 6.07) is 0. The molecule has 0 aliphatic heterocycles. The van der Waals surface area contributed by atoms with Crippen LogP contribution < -0.4 is 0 Å². The monoisotopic (exact) mass is 204 g/mol. The lowest BCUT2D eigenvalue weighted by molar-refractivity contribution is -0.144. The highest BCUT2D eigenvalue weighted by molar-refractivity contribution is 5.06. The lowest BCUT2D eigenvalue weighted by Crippen LogP contribution is -2.56. The number of hydrogen-bond donors (Lipinski definition) is 0. The molecule has 6 unspecified atom stereocenters. The first-order valence-electron chi connectivity index (χ1n) is 7.45. The molecular weight excluding hydrogens is 180 g/mol. The SMILES string of the molecule is C1CCC2C(CC1)C1C3CCC3CCC21. The van der Waals surface area contributed by atoms with Gasteiger partial charge in [-0.05, 0) is 74.0 Å². The van der Waals surface area contributed by atoms with Crippen molar-refractivity contribution in [3.05, 3.63) is 0 Å². The third-order valence-electron chi connectivity index (χ3n) is 6.51. The first kappa shape index (κ1) is 9.07. The highest BCUT2D eigenvalue weighted by Crippen LogP contribution is 2.65. The van der Waals surface area contributed by atoms with Crippen LogP contribution in [0.4, 0.5) is 0 Å². The Kier molecular flexibility index (Phi) is 1.96. The lowest BCUT2D eigenvalue weighted by atomic mass is 9.42. The second kappa shape index (κ2) is 3.25. The molecule has 15 heavy (non-hydrogen) atoms. The summed E-state index contributed by atoms with van der Waals surface area (Å²) in [4.78, 5) is 0. The highest BCUT2D eigenvalue weighted by Gasteiger charge is 2.57. The van der Waals surface area contributed by atoms with Crippen LogP contribution in [0.15, 0.2) is 0 Å². The Morgan fingerprint density at radius 3 is 1.93 bits per heavy atom. The summed E-state index contributed by atoms with van der Waals surface area (Å²) >= 11 is 0. The Hall–Kier alpha value is 0. The molecule has 0 aromatic rings. The van der Waals surface area contributed by atoms with Gasteiger partial charge in [0.15, 0.2) is 0 Å². The predicted octanol–water partition coefficient (Wildman–Crippen LogP) is 4.25. The van der Waals surface area contributed by atoms with E-state index in [2.05, 4.69) is 0 Å². The van der Waals surface area contributed by atoms with Gasteiger partial charge in [0.05, 0.1) is 0 Å². The standard InChI is InChI=1S/C15H24/c1-2-4-12-13(5-3-1)15-11-8-6-10(11)7-9-14(12)15/h10-15H,1-9H2. The normalized spacial score (nSPS) is 57.6. The molecule has 4 fully saturated rings. The Balaban J connectivity index is 1.56. The van der Waals surface area contributed by atoms with Gasteiger partial charge >= 0.3 is 0 Å². The van der Waals surface area contributed by atoms with E-state index in [0.29, 0.717) is 0 Å². The van der Waals surface area contributed by atoms with Gasteiger partial charge in [-0.15, -0.1) is 0 Å². The van der Waals surface area contributed by atoms with Gasteiger partial charge in [-0.3, -0.25) is 0 Å². The van der Waals surface area contributed by atoms with E-state index in [-0.39, 0.29) is 0 Å². The Bertz CT molecular complexity index is 257. The van der Waals surface area contributed by atoms with Gasteiger partial charge in [0.25, 0.3) is 0 Å². The molecule has 6 atom stereocenters. The molecule has 0 spiro atoms. The summed E-state index contributed by atoms with van der Waals surface area (Å²) in [6.07, 6.45) is 14.3. The Labute approximate surface area is 93.8 Å². The first-order chi connectivity index (χ1) is 7.45. The van der Waals surface area contributed by atoms with E-state index in [1.54, 1.807) is 57.8 Å². The minimum Gasteiger partial charge on any atom is -0.0533 e. The van der Waals surface area contributed by atoms with Crippen molar-refractivity contribution in [2.24, 2.45) is 35.5 Å². The maximum Gasteiger partial charge on any atom is -0.0321 e. The van der Waals surface area contributed by atoms with Crippen molar-refractivity contribution in [3.63, 3.8) is 0 Å². The van der Waals surface area contributed by atoms with Crippen LogP contribution in [0, 0.1) is 35.5 Å². The van der Waals surface area contributed by atoms with Crippen LogP contribution in [0.2, 0.25) is 0 Å². The molecule has 0 nitrogen and oxygen atoms in total. The highest BCUT2D eigenvalue weighted by atomic mass is 14.6. The van der Waals surface area contributed by atoms with E-state index in [9.17, 15) is 0 Å². The molecule has 0 aromatic carbocycles. The number of hydrogen-bond acceptors (Lipinski definition) is 0. The minimum atomic E-state index is 1.19. The summed E-state index contributed by atoms with van der Waals surface area (Å²) in [7, 11) is 0. The molecule has 4 aliphatic carbocycles. The largest absolute Gasteiger partial charge is 0.0533 e. The lowest BCUT2D eigenvalue weighted by Gasteiger charge is -2.63. The third-order valence-corrected chi connectivity index (χ3v) is 6.51. The van der Waals surface area contributed by atoms with Crippen LogP contribution in [-0.4, -0.2) is 0 Å². The van der Waals surface area contributed by atoms with Gasteiger partial charge in [0.1, 0.15) is 0 Å². The van der Waals surface area contributed by atoms with Crippen LogP contribution in [0.1, 0.15) is 57.8 Å². The van der Waals surface area contributed by atoms with Crippen LogP contribution in [0.3, 0.4) is 0 Å². The molecule has 4 aliphatic rings. The van der Waals surface area contributed by atoms with Crippen molar-refractivity contribution < 1.29 is 0 Å². The van der Waals surface area contributed by atoms with Crippen LogP contribution in [-0.2, 0) is 0 Å². The zero-order valence-electron chi connectivity index (χ0n) is 9.83. The molecular formula is C15H24. The summed E-state index contributed by atoms with van der Waals surface area (Å²) < 4.78 is 0. The molecule has 0 heteroatoms. The molecule has 4 saturated carbocycles. The summed E-state index contributed by atoms with van der Waals surface area (Å²) in [5.41, 5.74) is 0. The summed E-state index contributed by atoms with van der Waals surface area (Å²) in [6.45, 7) is 0. The molecule has 0 bridgehead atoms. The molecule has 0 radical (unpaired) electrons. The van der Waals surface area contributed by atoms with Crippen molar-refractivity contribution >= 4 is 0 Å². The molecule has 0 saturated heterocycles. The van der Waals surface area contributed by atoms with Gasteiger partial charge in [-0.25, -0.2) is 0 Å². The van der Waals surface area contributed by atoms with Gasteiger partial charge in [-0.1, -0.05) is 19.3 Å². The van der Waals surface area contributed by atoms with E-state index in [1.807, 2.05) is 0 Å². The second-order valence-corrected chi connectivity index (χ2v) is 6.79. The summed E-state index contributed by atoms with van der Waals surface area (Å²) in [5, 5.41) is 0. The van der Waals surface area contributed by atoms with Crippen molar-refractivity contribution in [1.29, 1.82) is 0 Å². The Morgan fingerprint density at radius 2 is 1.13 bits per heavy atom. The first-order valence-corrected chi connectivity index (χ1v) is 7.45. The van der Waals surface area contributed by atoms with Crippen molar-refractivity contribution in [3.8, 4) is 0 Å². The molecule has 84 valence electrons. The molecule has 0 aromatic heterocycles. The van der Waals surface area contributed by atoms with E-state index in [0.717, 1.165) is 0 Å². The van der Waals surface area contributed by atoms with E-state index in [1.165, 1.54) is 35.5 Å². The topological polar surface area (TPSA) is 0 Å². The number of fused-ring (bicyclic) bond motifs is 6. The average molecular weight is 204 g/mol. The average Bonchev–Trinajstić information content (AvgIpc) is 2.40. The van der Waals surface area contributed by atoms with E-state index in [4.69, 9.17) is 0 Å². The molecule has 4 rings (SSSR count). The zero-order valence-corrected chi connectivity index (χ0v) is 9.83. The molecule has 0 amide bonds. The Morgan fingerprint density at radius 1 is 0.467 bits per heavy atom. The fraction of sp³-hybridized carbons (Fsp3) is 1.00. The van der Waals surface area contributed by atoms with Gasteiger partial charge in [-0.2, -0.15) is 0 Å². The van der Waals surface area contributed by atoms with E-state index >= 15 is 0 Å². The fourth-order valence-electron chi connectivity index (χ4n) is 5.74. The maximum atomic E-state index is 1.62. The number of rotatable bonds is 0. The van der Waals surface area contributed by atoms with Crippen molar-refractivity contribution in [2.75, 3.05) is 0 Å². The van der Waals surface area contributed by atoms with Crippen LogP contribution >= 0.6 is 0 Å². The van der Waals surface area contributed by atoms with Gasteiger partial charge < -0.3 is 0 Å². The maximum absolute atomic E-state index is 1.62. The smallest absolute Gasteiger partial charge is 0.0321 e. The quantitative estimate of drug-likeness (QED) is 0.553. The fourth-order valence-corrected chi connectivity index (χ4v) is 5.74. The summed E-state index contributed by atoms with van der Waals surface area (Å²) in [5.74, 6) is 7.22.